The first-order valence-electron chi connectivity index (χ1n) is 4.00. The van der Waals surface area contributed by atoms with Gasteiger partial charge in [-0.05, 0) is 11.6 Å². The summed E-state index contributed by atoms with van der Waals surface area (Å²) in [5, 5.41) is 9.42. The number of hydrogen-bond acceptors (Lipinski definition) is 6. The molecular formula is C7H8ClN3O4S. The molecule has 3 N–H and O–H groups in total. The molecule has 1 aliphatic rings. The summed E-state index contributed by atoms with van der Waals surface area (Å²) in [5.74, 6) is -1.14. The monoisotopic (exact) mass is 265 g/mol. The van der Waals surface area contributed by atoms with Gasteiger partial charge < -0.3 is 10.8 Å². The van der Waals surface area contributed by atoms with E-state index in [-0.39, 0.29) is 11.6 Å². The third-order valence-electron chi connectivity index (χ3n) is 1.36. The van der Waals surface area contributed by atoms with Crippen LogP contribution >= 0.6 is 11.6 Å². The Hall–Kier alpha value is -1.25. The Morgan fingerprint density at radius 1 is 1.69 bits per heavy atom. The summed E-state index contributed by atoms with van der Waals surface area (Å²) >= 11 is 5.17. The number of carboxylic acid groups (broad SMARTS) is 1. The maximum absolute atomic E-state index is 10.6. The van der Waals surface area contributed by atoms with Crippen LogP contribution in [0.2, 0.25) is 0 Å². The van der Waals surface area contributed by atoms with E-state index < -0.39 is 28.5 Å². The van der Waals surface area contributed by atoms with Crippen molar-refractivity contribution in [2.75, 3.05) is 6.61 Å². The van der Waals surface area contributed by atoms with Crippen molar-refractivity contribution in [3.8, 4) is 0 Å². The maximum atomic E-state index is 10.6. The van der Waals surface area contributed by atoms with Gasteiger partial charge in [-0.25, -0.2) is 14.6 Å². The summed E-state index contributed by atoms with van der Waals surface area (Å²) < 4.78 is 3.56. The van der Waals surface area contributed by atoms with Crippen LogP contribution in [0.5, 0.6) is 0 Å². The van der Waals surface area contributed by atoms with Gasteiger partial charge in [0, 0.05) is 16.1 Å². The molecule has 1 rings (SSSR count). The van der Waals surface area contributed by atoms with Crippen LogP contribution < -0.4 is 5.73 Å². The number of allylic oxidation sites excluding steroid dienone is 1. The molecule has 0 saturated heterocycles. The van der Waals surface area contributed by atoms with Gasteiger partial charge in [0.1, 0.15) is 0 Å². The second kappa shape index (κ2) is 5.73. The lowest BCUT2D eigenvalue weighted by atomic mass is 10.4. The summed E-state index contributed by atoms with van der Waals surface area (Å²) in [6, 6.07) is 0. The zero-order valence-electron chi connectivity index (χ0n) is 7.92. The van der Waals surface area contributed by atoms with E-state index in [2.05, 4.69) is 14.4 Å². The standard InChI is InChI=1S/C7H8ClN3O4S/c8-5(12)1-4-3-16(7(9)10-4)11-15-2-6(13)14/h3H,1-2H2,(H2,9,10)(H,13,14). The van der Waals surface area contributed by atoms with Crippen LogP contribution in [0.25, 0.3) is 0 Å². The van der Waals surface area contributed by atoms with Crippen LogP contribution in [-0.4, -0.2) is 28.1 Å². The normalized spacial score (nSPS) is 19.4. The highest BCUT2D eigenvalue weighted by Gasteiger charge is 2.14. The molecule has 1 atom stereocenters. The summed E-state index contributed by atoms with van der Waals surface area (Å²) in [6.45, 7) is -0.547. The second-order valence-corrected chi connectivity index (χ2v) is 4.50. The fraction of sp³-hybridized carbons (Fsp3) is 0.286. The molecule has 0 amide bonds. The van der Waals surface area contributed by atoms with Crippen molar-refractivity contribution in [3.05, 3.63) is 11.1 Å². The number of aliphatic carboxylic acids is 1. The van der Waals surface area contributed by atoms with Crippen molar-refractivity contribution in [1.82, 2.24) is 0 Å². The summed E-state index contributed by atoms with van der Waals surface area (Å²) in [6.07, 6.45) is -0.0415. The Morgan fingerprint density at radius 2 is 2.38 bits per heavy atom. The number of carboxylic acids is 1. The molecule has 9 heteroatoms. The van der Waals surface area contributed by atoms with Crippen LogP contribution in [0.4, 0.5) is 0 Å². The number of halogens is 1. The quantitative estimate of drug-likeness (QED) is 0.542. The van der Waals surface area contributed by atoms with E-state index in [1.807, 2.05) is 0 Å². The smallest absolute Gasteiger partial charge is 0.332 e. The van der Waals surface area contributed by atoms with Gasteiger partial charge in [-0.15, -0.1) is 0 Å². The number of carbonyl (C=O) groups excluding carboxylic acids is 1. The average molecular weight is 266 g/mol. The Morgan fingerprint density at radius 3 is 2.94 bits per heavy atom. The van der Waals surface area contributed by atoms with Crippen molar-refractivity contribution in [1.29, 1.82) is 0 Å². The number of amidine groups is 1. The van der Waals surface area contributed by atoms with Gasteiger partial charge in [-0.2, -0.15) is 0 Å². The molecule has 0 fully saturated rings. The zero-order chi connectivity index (χ0) is 12.1. The number of carbonyl (C=O) groups is 2. The Kier molecular flexibility index (Phi) is 4.59. The summed E-state index contributed by atoms with van der Waals surface area (Å²) in [7, 11) is -0.941. The molecule has 88 valence electrons. The number of rotatable bonds is 5. The molecule has 0 aromatic rings. The van der Waals surface area contributed by atoms with Crippen molar-refractivity contribution < 1.29 is 19.5 Å². The van der Waals surface area contributed by atoms with Crippen molar-refractivity contribution in [3.63, 3.8) is 0 Å². The number of aliphatic imine (C=N–C) groups is 1. The number of nitrogens with two attached hydrogens (primary N) is 1. The van der Waals surface area contributed by atoms with Crippen LogP contribution in [0.1, 0.15) is 6.42 Å². The van der Waals surface area contributed by atoms with E-state index in [1.54, 1.807) is 0 Å². The first-order chi connectivity index (χ1) is 7.49. The topological polar surface area (TPSA) is 114 Å². The SMILES string of the molecule is NC1=NC(CC(=O)Cl)=C/S1=N\OCC(=O)O. The molecule has 0 spiro atoms. The molecule has 1 unspecified atom stereocenters. The van der Waals surface area contributed by atoms with Crippen molar-refractivity contribution in [2.24, 2.45) is 15.3 Å². The molecule has 0 aromatic heterocycles. The first kappa shape index (κ1) is 12.8. The van der Waals surface area contributed by atoms with E-state index in [9.17, 15) is 9.59 Å². The largest absolute Gasteiger partial charge is 0.479 e. The lowest BCUT2D eigenvalue weighted by molar-refractivity contribution is -0.142. The van der Waals surface area contributed by atoms with Crippen LogP contribution in [0, 0.1) is 0 Å². The predicted molar refractivity (Wildman–Crippen MR) is 58.6 cm³/mol. The van der Waals surface area contributed by atoms with Gasteiger partial charge in [0.25, 0.3) is 0 Å². The average Bonchev–Trinajstić information content (AvgIpc) is 2.45. The highest BCUT2D eigenvalue weighted by atomic mass is 35.5. The molecule has 7 nitrogen and oxygen atoms in total. The van der Waals surface area contributed by atoms with E-state index >= 15 is 0 Å². The fourth-order valence-corrected chi connectivity index (χ4v) is 1.97. The van der Waals surface area contributed by atoms with E-state index in [1.165, 1.54) is 5.41 Å². The second-order valence-electron chi connectivity index (χ2n) is 2.65. The number of hydrogen-bond donors (Lipinski definition) is 2. The van der Waals surface area contributed by atoms with Gasteiger partial charge in [0.05, 0.1) is 12.1 Å². The Bertz CT molecular complexity index is 418. The Balaban J connectivity index is 2.63. The van der Waals surface area contributed by atoms with Gasteiger partial charge in [-0.1, -0.05) is 4.53 Å². The Labute approximate surface area is 98.0 Å². The van der Waals surface area contributed by atoms with E-state index in [0.29, 0.717) is 5.70 Å². The molecule has 0 aromatic carbocycles. The lowest BCUT2D eigenvalue weighted by Gasteiger charge is -1.94. The molecule has 1 aliphatic heterocycles. The lowest BCUT2D eigenvalue weighted by Crippen LogP contribution is -2.14. The van der Waals surface area contributed by atoms with Crippen LogP contribution in [0.15, 0.2) is 20.6 Å². The maximum Gasteiger partial charge on any atom is 0.332 e. The molecule has 0 aliphatic carbocycles. The third-order valence-corrected chi connectivity index (χ3v) is 2.77. The van der Waals surface area contributed by atoms with Gasteiger partial charge in [-0.3, -0.25) is 4.79 Å². The van der Waals surface area contributed by atoms with E-state index in [0.717, 1.165) is 0 Å². The minimum atomic E-state index is -1.14. The molecule has 16 heavy (non-hydrogen) atoms. The highest BCUT2D eigenvalue weighted by molar-refractivity contribution is 8.05. The van der Waals surface area contributed by atoms with Crippen molar-refractivity contribution >= 4 is 38.7 Å². The molecule has 0 radical (unpaired) electrons. The van der Waals surface area contributed by atoms with Crippen LogP contribution in [-0.2, 0) is 25.1 Å². The number of nitrogens with zero attached hydrogens (tertiary/aromatic N) is 2. The minimum Gasteiger partial charge on any atom is -0.479 e. The molecule has 0 bridgehead atoms. The third kappa shape index (κ3) is 4.09. The molecule has 0 saturated carbocycles. The van der Waals surface area contributed by atoms with Crippen molar-refractivity contribution in [2.45, 2.75) is 6.42 Å². The summed E-state index contributed by atoms with van der Waals surface area (Å²) in [4.78, 5) is 29.1. The minimum absolute atomic E-state index is 0.0415. The van der Waals surface area contributed by atoms with Crippen LogP contribution in [0.3, 0.4) is 0 Å². The first-order valence-corrected chi connectivity index (χ1v) is 5.62. The molecular weight excluding hydrogens is 258 g/mol. The van der Waals surface area contributed by atoms with Gasteiger partial charge in [0.2, 0.25) is 5.24 Å². The summed E-state index contributed by atoms with van der Waals surface area (Å²) in [5.41, 5.74) is 5.90. The fourth-order valence-electron chi connectivity index (χ4n) is 0.826. The molecule has 1 heterocycles. The van der Waals surface area contributed by atoms with Gasteiger partial charge >= 0.3 is 5.97 Å². The zero-order valence-corrected chi connectivity index (χ0v) is 9.49. The van der Waals surface area contributed by atoms with E-state index in [4.69, 9.17) is 22.4 Å². The van der Waals surface area contributed by atoms with Gasteiger partial charge in [0.15, 0.2) is 11.8 Å². The predicted octanol–water partition coefficient (Wildman–Crippen LogP) is 0.130. The highest BCUT2D eigenvalue weighted by Crippen LogP contribution is 2.15.